The molecular weight excluding hydrogens is 365 g/mol. The van der Waals surface area contributed by atoms with Crippen LogP contribution < -0.4 is 10.1 Å². The number of benzene rings is 2. The van der Waals surface area contributed by atoms with Gasteiger partial charge in [-0.15, -0.1) is 0 Å². The number of anilines is 1. The first-order chi connectivity index (χ1) is 13.1. The number of carbonyl (C=O) groups is 1. The molecule has 0 radical (unpaired) electrons. The molecule has 1 aromatic heterocycles. The number of ether oxygens (including phenoxy) is 1. The van der Waals surface area contributed by atoms with Gasteiger partial charge < -0.3 is 15.0 Å². The zero-order valence-corrected chi connectivity index (χ0v) is 15.8. The van der Waals surface area contributed by atoms with Crippen molar-refractivity contribution in [2.24, 2.45) is 0 Å². The van der Waals surface area contributed by atoms with E-state index in [1.165, 1.54) is 23.5 Å². The van der Waals surface area contributed by atoms with Crippen molar-refractivity contribution in [2.45, 2.75) is 25.9 Å². The summed E-state index contributed by atoms with van der Waals surface area (Å²) in [6.45, 7) is 3.25. The van der Waals surface area contributed by atoms with Crippen LogP contribution in [0.2, 0.25) is 0 Å². The Kier molecular flexibility index (Phi) is 4.94. The summed E-state index contributed by atoms with van der Waals surface area (Å²) in [5, 5.41) is 3.49. The number of halogens is 1. The molecule has 0 spiro atoms. The number of fused-ring (bicyclic) bond motifs is 1. The molecule has 2 aromatic carbocycles. The van der Waals surface area contributed by atoms with Crippen LogP contribution in [-0.2, 0) is 0 Å². The van der Waals surface area contributed by atoms with Crippen molar-refractivity contribution in [3.8, 4) is 5.19 Å². The number of piperidine rings is 1. The van der Waals surface area contributed by atoms with Gasteiger partial charge in [0, 0.05) is 31.6 Å². The molecule has 2 amide bonds. The number of carbonyl (C=O) groups excluding carboxylic acids is 1. The van der Waals surface area contributed by atoms with E-state index in [4.69, 9.17) is 4.74 Å². The second-order valence-electron chi connectivity index (χ2n) is 6.70. The molecule has 3 aromatic rings. The molecule has 4 rings (SSSR count). The second-order valence-corrected chi connectivity index (χ2v) is 7.69. The van der Waals surface area contributed by atoms with Gasteiger partial charge in [0.1, 0.15) is 11.9 Å². The summed E-state index contributed by atoms with van der Waals surface area (Å²) < 4.78 is 20.0. The first kappa shape index (κ1) is 17.7. The third-order valence-corrected chi connectivity index (χ3v) is 5.51. The number of hydrogen-bond donors (Lipinski definition) is 1. The number of aryl methyl sites for hydroxylation is 1. The largest absolute Gasteiger partial charge is 0.467 e. The van der Waals surface area contributed by atoms with Crippen LogP contribution in [0.3, 0.4) is 0 Å². The van der Waals surface area contributed by atoms with Crippen LogP contribution in [-0.4, -0.2) is 35.1 Å². The van der Waals surface area contributed by atoms with Crippen LogP contribution in [0.15, 0.2) is 42.5 Å². The summed E-state index contributed by atoms with van der Waals surface area (Å²) in [7, 11) is 0. The fraction of sp³-hybridized carbons (Fsp3) is 0.300. The SMILES string of the molecule is Cc1cccc(NC(=O)N2CCC(Oc3nc4ccc(F)cc4s3)CC2)c1. The van der Waals surface area contributed by atoms with Crippen LogP contribution in [0.25, 0.3) is 10.2 Å². The lowest BCUT2D eigenvalue weighted by Gasteiger charge is -2.31. The summed E-state index contributed by atoms with van der Waals surface area (Å²) in [5.74, 6) is -0.273. The van der Waals surface area contributed by atoms with Crippen molar-refractivity contribution in [1.29, 1.82) is 0 Å². The topological polar surface area (TPSA) is 54.5 Å². The molecule has 2 heterocycles. The van der Waals surface area contributed by atoms with Gasteiger partial charge in [-0.3, -0.25) is 0 Å². The fourth-order valence-electron chi connectivity index (χ4n) is 3.17. The van der Waals surface area contributed by atoms with Gasteiger partial charge in [0.2, 0.25) is 0 Å². The number of amides is 2. The quantitative estimate of drug-likeness (QED) is 0.703. The molecule has 5 nitrogen and oxygen atoms in total. The molecule has 0 bridgehead atoms. The summed E-state index contributed by atoms with van der Waals surface area (Å²) in [6.07, 6.45) is 1.50. The van der Waals surface area contributed by atoms with Crippen molar-refractivity contribution >= 4 is 33.3 Å². The van der Waals surface area contributed by atoms with Crippen LogP contribution in [0.1, 0.15) is 18.4 Å². The van der Waals surface area contributed by atoms with E-state index in [-0.39, 0.29) is 18.0 Å². The van der Waals surface area contributed by atoms with Gasteiger partial charge in [0.25, 0.3) is 5.19 Å². The molecule has 0 unspecified atom stereocenters. The van der Waals surface area contributed by atoms with E-state index in [0.29, 0.717) is 18.3 Å². The van der Waals surface area contributed by atoms with E-state index in [2.05, 4.69) is 10.3 Å². The summed E-state index contributed by atoms with van der Waals surface area (Å²) in [4.78, 5) is 18.6. The molecule has 1 aliphatic heterocycles. The molecule has 7 heteroatoms. The highest BCUT2D eigenvalue weighted by molar-refractivity contribution is 7.20. The van der Waals surface area contributed by atoms with Gasteiger partial charge in [-0.05, 0) is 42.8 Å². The van der Waals surface area contributed by atoms with Crippen LogP contribution >= 0.6 is 11.3 Å². The molecule has 1 saturated heterocycles. The molecule has 140 valence electrons. The number of nitrogens with zero attached hydrogens (tertiary/aromatic N) is 2. The van der Waals surface area contributed by atoms with E-state index in [9.17, 15) is 9.18 Å². The Bertz CT molecular complexity index is 967. The molecule has 27 heavy (non-hydrogen) atoms. The second kappa shape index (κ2) is 7.52. The fourth-order valence-corrected chi connectivity index (χ4v) is 4.08. The zero-order valence-electron chi connectivity index (χ0n) is 14.9. The van der Waals surface area contributed by atoms with Crippen molar-refractivity contribution in [2.75, 3.05) is 18.4 Å². The summed E-state index contributed by atoms with van der Waals surface area (Å²) >= 11 is 1.35. The van der Waals surface area contributed by atoms with Crippen LogP contribution in [0.5, 0.6) is 5.19 Å². The van der Waals surface area contributed by atoms with E-state index in [0.717, 1.165) is 34.3 Å². The Morgan fingerprint density at radius 3 is 2.85 bits per heavy atom. The maximum Gasteiger partial charge on any atom is 0.321 e. The van der Waals surface area contributed by atoms with Gasteiger partial charge >= 0.3 is 6.03 Å². The minimum atomic E-state index is -0.273. The number of aromatic nitrogens is 1. The minimum absolute atomic E-state index is 0.0124. The van der Waals surface area contributed by atoms with E-state index >= 15 is 0 Å². The maximum atomic E-state index is 13.3. The van der Waals surface area contributed by atoms with Crippen molar-refractivity contribution in [3.05, 3.63) is 53.8 Å². The van der Waals surface area contributed by atoms with E-state index < -0.39 is 0 Å². The normalized spacial score (nSPS) is 15.1. The van der Waals surface area contributed by atoms with Gasteiger partial charge in [0.15, 0.2) is 0 Å². The highest BCUT2D eigenvalue weighted by Gasteiger charge is 2.25. The van der Waals surface area contributed by atoms with Crippen molar-refractivity contribution < 1.29 is 13.9 Å². The Morgan fingerprint density at radius 1 is 1.26 bits per heavy atom. The number of urea groups is 1. The lowest BCUT2D eigenvalue weighted by molar-refractivity contribution is 0.115. The first-order valence-corrected chi connectivity index (χ1v) is 9.74. The lowest BCUT2D eigenvalue weighted by Crippen LogP contribution is -2.43. The molecule has 1 N–H and O–H groups in total. The Morgan fingerprint density at radius 2 is 2.07 bits per heavy atom. The van der Waals surface area contributed by atoms with Gasteiger partial charge in [0.05, 0.1) is 10.2 Å². The Balaban J connectivity index is 1.32. The Labute approximate surface area is 160 Å². The average Bonchev–Trinajstić information content (AvgIpc) is 3.03. The monoisotopic (exact) mass is 385 g/mol. The van der Waals surface area contributed by atoms with Gasteiger partial charge in [-0.25, -0.2) is 14.2 Å². The molecule has 1 aliphatic rings. The predicted octanol–water partition coefficient (Wildman–Crippen LogP) is 4.82. The number of thiazole rings is 1. The molecule has 0 saturated carbocycles. The number of rotatable bonds is 3. The Hall–Kier alpha value is -2.67. The first-order valence-electron chi connectivity index (χ1n) is 8.92. The smallest absolute Gasteiger partial charge is 0.321 e. The third kappa shape index (κ3) is 4.19. The molecular formula is C20H20FN3O2S. The number of likely N-dealkylation sites (tertiary alicyclic amines) is 1. The number of hydrogen-bond acceptors (Lipinski definition) is 4. The van der Waals surface area contributed by atoms with Gasteiger partial charge in [-0.1, -0.05) is 23.5 Å². The average molecular weight is 385 g/mol. The zero-order chi connectivity index (χ0) is 18.8. The van der Waals surface area contributed by atoms with E-state index in [1.807, 2.05) is 31.2 Å². The molecule has 0 aliphatic carbocycles. The number of nitrogens with one attached hydrogen (secondary N) is 1. The molecule has 0 atom stereocenters. The third-order valence-electron chi connectivity index (χ3n) is 4.60. The lowest BCUT2D eigenvalue weighted by atomic mass is 10.1. The van der Waals surface area contributed by atoms with Crippen LogP contribution in [0.4, 0.5) is 14.9 Å². The van der Waals surface area contributed by atoms with Crippen molar-refractivity contribution in [3.63, 3.8) is 0 Å². The highest BCUT2D eigenvalue weighted by Crippen LogP contribution is 2.30. The highest BCUT2D eigenvalue weighted by atomic mass is 32.1. The minimum Gasteiger partial charge on any atom is -0.467 e. The maximum absolute atomic E-state index is 13.3. The van der Waals surface area contributed by atoms with E-state index in [1.54, 1.807) is 11.0 Å². The molecule has 1 fully saturated rings. The summed E-state index contributed by atoms with van der Waals surface area (Å²) in [6, 6.07) is 12.2. The summed E-state index contributed by atoms with van der Waals surface area (Å²) in [5.41, 5.74) is 2.65. The van der Waals surface area contributed by atoms with Gasteiger partial charge in [-0.2, -0.15) is 0 Å². The predicted molar refractivity (Wildman–Crippen MR) is 105 cm³/mol. The van der Waals surface area contributed by atoms with Crippen LogP contribution in [0, 0.1) is 12.7 Å². The van der Waals surface area contributed by atoms with Crippen molar-refractivity contribution in [1.82, 2.24) is 9.88 Å². The standard InChI is InChI=1S/C20H20FN3O2S/c1-13-3-2-4-15(11-13)22-19(25)24-9-7-16(8-10-24)26-20-23-17-6-5-14(21)12-18(17)27-20/h2-6,11-12,16H,7-10H2,1H3,(H,22,25).